The van der Waals surface area contributed by atoms with Gasteiger partial charge in [0.05, 0.1) is 30.7 Å². The zero-order valence-electron chi connectivity index (χ0n) is 42.4. The predicted molar refractivity (Wildman–Crippen MR) is 287 cm³/mol. The average Bonchev–Trinajstić information content (AvgIpc) is 3.39. The van der Waals surface area contributed by atoms with Crippen LogP contribution in [0.1, 0.15) is 174 Å². The van der Waals surface area contributed by atoms with Gasteiger partial charge in [-0.05, 0) is 48.2 Å². The number of carbonyl (C=O) groups excluding carboxylic acids is 4. The fraction of sp³-hybridized carbons (Fsp3) is 0.424. The lowest BCUT2D eigenvalue weighted by atomic mass is 10.1. The highest BCUT2D eigenvalue weighted by atomic mass is 16.3. The molecule has 0 saturated carbocycles. The van der Waals surface area contributed by atoms with Gasteiger partial charge in [-0.1, -0.05) is 202 Å². The van der Waals surface area contributed by atoms with Crippen molar-refractivity contribution >= 4 is 45.3 Å². The van der Waals surface area contributed by atoms with Crippen molar-refractivity contribution in [3.05, 3.63) is 152 Å². The number of hydrogen-bond donors (Lipinski definition) is 5. The molecule has 0 aliphatic rings. The first kappa shape index (κ1) is 55.9. The number of aromatic hydroxyl groups is 2. The molecular weight excluding hydrogens is 907 g/mol. The number of H-pyrrole nitrogens is 1. The standard InChI is InChI=1S/C36H43N3O4.C23H32N2O4/c1-2-3-4-5-6-7-8-9-16-25-32(40)39(27-29-21-14-11-15-22-29)37-35(42)33-34(41)30-23-17-18-24-31(30)38(36(33)43)26-28-19-12-10-13-20-28;1-2-3-4-5-6-7-8-9-10-13-17(26)16-24-22(28)20-21(27)18-14-11-12-15-19(18)25-23(20)29/h10-15,17-24,41H,2-9,16,25-27H2,1H3,(H,37,42);11-12,14-15H,2-10,13,16H2,1H3,(H,24,28)(H2,25,27,29). The summed E-state index contributed by atoms with van der Waals surface area (Å²) in [7, 11) is 0. The summed E-state index contributed by atoms with van der Waals surface area (Å²) in [6, 6.07) is 32.5. The zero-order valence-corrected chi connectivity index (χ0v) is 42.4. The molecule has 5 N–H and O–H groups in total. The molecule has 0 fully saturated rings. The highest BCUT2D eigenvalue weighted by Gasteiger charge is 2.26. The first-order valence-corrected chi connectivity index (χ1v) is 26.2. The van der Waals surface area contributed by atoms with E-state index in [1.807, 2.05) is 60.7 Å². The van der Waals surface area contributed by atoms with Gasteiger partial charge in [-0.15, -0.1) is 0 Å². The van der Waals surface area contributed by atoms with Gasteiger partial charge in [-0.2, -0.15) is 0 Å². The molecule has 0 saturated heterocycles. The van der Waals surface area contributed by atoms with Gasteiger partial charge in [0.25, 0.3) is 22.9 Å². The van der Waals surface area contributed by atoms with Crippen LogP contribution in [0, 0.1) is 0 Å². The Bertz CT molecular complexity index is 2770. The maximum Gasteiger partial charge on any atom is 0.279 e. The minimum atomic E-state index is -0.813. The van der Waals surface area contributed by atoms with Crippen LogP contribution in [0.25, 0.3) is 21.8 Å². The smallest absolute Gasteiger partial charge is 0.279 e. The highest BCUT2D eigenvalue weighted by molar-refractivity contribution is 6.04. The Balaban J connectivity index is 0.000000289. The van der Waals surface area contributed by atoms with Gasteiger partial charge in [0.1, 0.15) is 22.6 Å². The number of para-hydroxylation sites is 2. The Morgan fingerprint density at radius 1 is 0.542 bits per heavy atom. The Labute approximate surface area is 424 Å². The van der Waals surface area contributed by atoms with Gasteiger partial charge >= 0.3 is 0 Å². The van der Waals surface area contributed by atoms with Crippen LogP contribution in [0.15, 0.2) is 119 Å². The van der Waals surface area contributed by atoms with E-state index >= 15 is 0 Å². The number of pyridine rings is 2. The van der Waals surface area contributed by atoms with E-state index in [4.69, 9.17) is 0 Å². The van der Waals surface area contributed by atoms with Crippen molar-refractivity contribution in [1.82, 2.24) is 25.3 Å². The molecule has 384 valence electrons. The lowest BCUT2D eigenvalue weighted by molar-refractivity contribution is -0.134. The lowest BCUT2D eigenvalue weighted by Crippen LogP contribution is -2.47. The van der Waals surface area contributed by atoms with Gasteiger partial charge < -0.3 is 25.1 Å². The molecule has 13 nitrogen and oxygen atoms in total. The first-order chi connectivity index (χ1) is 35.0. The number of rotatable bonds is 28. The summed E-state index contributed by atoms with van der Waals surface area (Å²) in [4.78, 5) is 79.8. The molecule has 2 heterocycles. The minimum Gasteiger partial charge on any atom is -0.506 e. The number of aromatic amines is 1. The monoisotopic (exact) mass is 982 g/mol. The largest absolute Gasteiger partial charge is 0.506 e. The average molecular weight is 982 g/mol. The van der Waals surface area contributed by atoms with Crippen LogP contribution in [0.5, 0.6) is 11.5 Å². The molecule has 2 aromatic heterocycles. The first-order valence-electron chi connectivity index (χ1n) is 26.2. The molecule has 3 amide bonds. The molecule has 0 aliphatic carbocycles. The molecule has 4 aromatic carbocycles. The number of carbonyl (C=O) groups is 4. The Morgan fingerprint density at radius 3 is 1.62 bits per heavy atom. The summed E-state index contributed by atoms with van der Waals surface area (Å²) in [5, 5.41) is 25.9. The van der Waals surface area contributed by atoms with Crippen LogP contribution in [-0.4, -0.2) is 54.8 Å². The van der Waals surface area contributed by atoms with Gasteiger partial charge in [0.15, 0.2) is 5.78 Å². The molecule has 72 heavy (non-hydrogen) atoms. The van der Waals surface area contributed by atoms with Crippen LogP contribution in [0.2, 0.25) is 0 Å². The van der Waals surface area contributed by atoms with Crippen molar-refractivity contribution in [3.8, 4) is 11.5 Å². The molecule has 6 rings (SSSR count). The van der Waals surface area contributed by atoms with Crippen LogP contribution in [0.4, 0.5) is 0 Å². The van der Waals surface area contributed by atoms with Crippen molar-refractivity contribution in [2.75, 3.05) is 6.54 Å². The number of nitrogens with zero attached hydrogens (tertiary/aromatic N) is 2. The van der Waals surface area contributed by atoms with Gasteiger partial charge in [-0.25, -0.2) is 5.01 Å². The van der Waals surface area contributed by atoms with E-state index in [0.717, 1.165) is 49.7 Å². The number of fused-ring (bicyclic) bond motifs is 2. The summed E-state index contributed by atoms with van der Waals surface area (Å²) in [5.74, 6) is -2.62. The quantitative estimate of drug-likeness (QED) is 0.0237. The van der Waals surface area contributed by atoms with Gasteiger partial charge in [0.2, 0.25) is 5.91 Å². The van der Waals surface area contributed by atoms with Gasteiger partial charge in [0, 0.05) is 23.6 Å². The second-order valence-corrected chi connectivity index (χ2v) is 18.6. The SMILES string of the molecule is CCCCCCCCCCCC(=O)CNC(=O)c1c(O)c2ccccc2[nH]c1=O.CCCCCCCCCCCC(=O)N(Cc1ccccc1)NC(=O)c1c(O)c2ccccc2n(Cc2ccccc2)c1=O. The highest BCUT2D eigenvalue weighted by Crippen LogP contribution is 2.28. The Hall–Kier alpha value is -7.02. The third-order valence-electron chi connectivity index (χ3n) is 12.9. The molecular formula is C59H75N5O8. The summed E-state index contributed by atoms with van der Waals surface area (Å²) >= 11 is 0. The third kappa shape index (κ3) is 17.4. The molecule has 0 aliphatic heterocycles. The number of unbranched alkanes of at least 4 members (excludes halogenated alkanes) is 16. The van der Waals surface area contributed by atoms with E-state index in [-0.39, 0.29) is 54.6 Å². The van der Waals surface area contributed by atoms with Crippen LogP contribution in [0.3, 0.4) is 0 Å². The molecule has 0 spiro atoms. The second-order valence-electron chi connectivity index (χ2n) is 18.6. The van der Waals surface area contributed by atoms with Crippen molar-refractivity contribution in [2.45, 2.75) is 155 Å². The number of benzene rings is 4. The molecule has 0 bridgehead atoms. The Kier molecular flexibility index (Phi) is 23.8. The summed E-state index contributed by atoms with van der Waals surface area (Å²) in [6.07, 6.45) is 21.5. The summed E-state index contributed by atoms with van der Waals surface area (Å²) in [6.45, 7) is 4.66. The van der Waals surface area contributed by atoms with Gasteiger partial charge in [-0.3, -0.25) is 34.2 Å². The zero-order chi connectivity index (χ0) is 51.5. The van der Waals surface area contributed by atoms with Crippen molar-refractivity contribution < 1.29 is 29.4 Å². The third-order valence-corrected chi connectivity index (χ3v) is 12.9. The number of amides is 3. The maximum atomic E-state index is 13.8. The number of Topliss-reactive ketones (excluding diaryl/α,β-unsaturated/α-hetero) is 1. The molecule has 0 radical (unpaired) electrons. The number of hydrogen-bond acceptors (Lipinski definition) is 8. The fourth-order valence-electron chi connectivity index (χ4n) is 8.80. The number of nitrogens with one attached hydrogen (secondary N) is 3. The molecule has 6 aromatic rings. The van der Waals surface area contributed by atoms with Crippen LogP contribution < -0.4 is 21.9 Å². The number of aromatic nitrogens is 2. The van der Waals surface area contributed by atoms with Crippen LogP contribution in [-0.2, 0) is 22.7 Å². The molecule has 13 heteroatoms. The van der Waals surface area contributed by atoms with Crippen molar-refractivity contribution in [1.29, 1.82) is 0 Å². The second kappa shape index (κ2) is 30.7. The predicted octanol–water partition coefficient (Wildman–Crippen LogP) is 11.8. The normalized spacial score (nSPS) is 11.0. The van der Waals surface area contributed by atoms with E-state index in [0.29, 0.717) is 28.2 Å². The van der Waals surface area contributed by atoms with Crippen molar-refractivity contribution in [2.24, 2.45) is 0 Å². The van der Waals surface area contributed by atoms with E-state index in [2.05, 4.69) is 29.6 Å². The summed E-state index contributed by atoms with van der Waals surface area (Å²) in [5.41, 5.74) is 3.32. The van der Waals surface area contributed by atoms with Crippen molar-refractivity contribution in [3.63, 3.8) is 0 Å². The Morgan fingerprint density at radius 2 is 1.03 bits per heavy atom. The van der Waals surface area contributed by atoms with E-state index in [9.17, 15) is 39.0 Å². The topological polar surface area (TPSA) is 191 Å². The van der Waals surface area contributed by atoms with E-state index < -0.39 is 28.7 Å². The fourth-order valence-corrected chi connectivity index (χ4v) is 8.80. The molecule has 0 unspecified atom stereocenters. The van der Waals surface area contributed by atoms with E-state index in [1.165, 1.54) is 86.6 Å². The number of hydrazine groups is 1. The summed E-state index contributed by atoms with van der Waals surface area (Å²) < 4.78 is 1.49. The lowest BCUT2D eigenvalue weighted by Gasteiger charge is -2.24. The number of ketones is 1. The van der Waals surface area contributed by atoms with E-state index in [1.54, 1.807) is 48.5 Å². The minimum absolute atomic E-state index is 0.0713. The van der Waals surface area contributed by atoms with Crippen LogP contribution >= 0.6 is 0 Å². The molecule has 0 atom stereocenters. The maximum absolute atomic E-state index is 13.8.